The fraction of sp³-hybridized carbons (Fsp3) is 0.357. The van der Waals surface area contributed by atoms with Gasteiger partial charge < -0.3 is 19.3 Å². The minimum absolute atomic E-state index is 0.0302. The number of carbonyl (C=O) groups excluding carboxylic acids is 2. The van der Waals surface area contributed by atoms with Crippen LogP contribution in [0.3, 0.4) is 0 Å². The molecule has 0 spiro atoms. The summed E-state index contributed by atoms with van der Waals surface area (Å²) in [6.07, 6.45) is 1.48. The zero-order valence-corrected chi connectivity index (χ0v) is 21.6. The molecule has 2 amide bonds. The smallest absolute Gasteiger partial charge is 0.254 e. The van der Waals surface area contributed by atoms with E-state index in [1.807, 2.05) is 30.2 Å². The Kier molecular flexibility index (Phi) is 8.25. The third-order valence-corrected chi connectivity index (χ3v) is 7.64. The summed E-state index contributed by atoms with van der Waals surface area (Å²) in [5, 5.41) is 2.03. The number of methoxy groups -OCH3 is 1. The lowest BCUT2D eigenvalue weighted by molar-refractivity contribution is -0.136. The molecule has 1 aromatic heterocycles. The third kappa shape index (κ3) is 5.70. The molecule has 0 bridgehead atoms. The zero-order chi connectivity index (χ0) is 25.7. The van der Waals surface area contributed by atoms with E-state index in [1.54, 1.807) is 59.7 Å². The fourth-order valence-corrected chi connectivity index (χ4v) is 5.32. The number of halogens is 1. The van der Waals surface area contributed by atoms with Crippen molar-refractivity contribution in [1.82, 2.24) is 9.80 Å². The quantitative estimate of drug-likeness (QED) is 0.390. The molecule has 4 rings (SSSR count). The summed E-state index contributed by atoms with van der Waals surface area (Å²) in [7, 11) is 1.56. The lowest BCUT2D eigenvalue weighted by atomic mass is 10.00. The van der Waals surface area contributed by atoms with Crippen LogP contribution in [0.15, 0.2) is 60.0 Å². The summed E-state index contributed by atoms with van der Waals surface area (Å²) >= 11 is 1.68. The van der Waals surface area contributed by atoms with Crippen LogP contribution in [0.2, 0.25) is 0 Å². The molecule has 190 valence electrons. The number of rotatable bonds is 9. The Hall–Kier alpha value is -3.39. The van der Waals surface area contributed by atoms with Gasteiger partial charge in [-0.2, -0.15) is 0 Å². The van der Waals surface area contributed by atoms with Gasteiger partial charge in [0.2, 0.25) is 5.91 Å². The van der Waals surface area contributed by atoms with Gasteiger partial charge in [0, 0.05) is 23.0 Å². The summed E-state index contributed by atoms with van der Waals surface area (Å²) in [5.41, 5.74) is 1.55. The van der Waals surface area contributed by atoms with Gasteiger partial charge >= 0.3 is 0 Å². The van der Waals surface area contributed by atoms with E-state index < -0.39 is 0 Å². The van der Waals surface area contributed by atoms with E-state index in [4.69, 9.17) is 9.47 Å². The number of hydrogen-bond donors (Lipinski definition) is 0. The molecule has 0 radical (unpaired) electrons. The number of nitrogens with zero attached hydrogens (tertiary/aromatic N) is 2. The number of fused-ring (bicyclic) bond motifs is 1. The number of amides is 2. The molecule has 1 aliphatic heterocycles. The van der Waals surface area contributed by atoms with Crippen molar-refractivity contribution in [3.05, 3.63) is 81.8 Å². The maximum absolute atomic E-state index is 13.7. The van der Waals surface area contributed by atoms with Crippen molar-refractivity contribution >= 4 is 23.2 Å². The van der Waals surface area contributed by atoms with Crippen LogP contribution >= 0.6 is 11.3 Å². The molecule has 2 heterocycles. The first-order valence-electron chi connectivity index (χ1n) is 12.1. The number of thiophene rings is 1. The van der Waals surface area contributed by atoms with Crippen molar-refractivity contribution in [2.24, 2.45) is 0 Å². The number of benzene rings is 2. The molecule has 3 aromatic rings. The van der Waals surface area contributed by atoms with E-state index in [1.165, 1.54) is 17.0 Å². The molecule has 0 saturated heterocycles. The van der Waals surface area contributed by atoms with E-state index in [-0.39, 0.29) is 42.9 Å². The largest absolute Gasteiger partial charge is 0.497 e. The van der Waals surface area contributed by atoms with Crippen molar-refractivity contribution in [2.75, 3.05) is 26.8 Å². The molecule has 0 saturated carbocycles. The van der Waals surface area contributed by atoms with Gasteiger partial charge in [-0.3, -0.25) is 9.59 Å². The second-order valence-corrected chi connectivity index (χ2v) is 9.84. The Labute approximate surface area is 215 Å². The predicted molar refractivity (Wildman–Crippen MR) is 138 cm³/mol. The summed E-state index contributed by atoms with van der Waals surface area (Å²) in [4.78, 5) is 31.8. The highest BCUT2D eigenvalue weighted by atomic mass is 32.1. The predicted octanol–water partition coefficient (Wildman–Crippen LogP) is 5.34. The lowest BCUT2D eigenvalue weighted by Crippen LogP contribution is -2.49. The maximum Gasteiger partial charge on any atom is 0.254 e. The van der Waals surface area contributed by atoms with Gasteiger partial charge in [-0.15, -0.1) is 11.3 Å². The molecule has 2 aromatic carbocycles. The molecular formula is C28H31FN2O4S. The summed E-state index contributed by atoms with van der Waals surface area (Å²) in [6.45, 7) is 4.71. The van der Waals surface area contributed by atoms with Gasteiger partial charge in [-0.1, -0.05) is 13.0 Å². The normalized spacial score (nSPS) is 15.7. The van der Waals surface area contributed by atoms with Crippen molar-refractivity contribution in [2.45, 2.75) is 38.8 Å². The van der Waals surface area contributed by atoms with Gasteiger partial charge in [0.05, 0.1) is 13.2 Å². The molecule has 6 nitrogen and oxygen atoms in total. The standard InChI is InChI=1S/C28H31FN2O4S/c1-4-19(2)31(28(33)20-6-5-7-23(16-20)34-3)17-27(32)30-14-12-26-24(13-15-36-26)25(30)18-35-22-10-8-21(29)9-11-22/h5-11,13,15-16,19,25H,4,12,14,17-18H2,1-3H3/t19-,25+/m1/s1. The lowest BCUT2D eigenvalue weighted by Gasteiger charge is -2.38. The van der Waals surface area contributed by atoms with Crippen LogP contribution < -0.4 is 9.47 Å². The van der Waals surface area contributed by atoms with Crippen LogP contribution in [-0.2, 0) is 11.2 Å². The van der Waals surface area contributed by atoms with Gasteiger partial charge in [0.25, 0.3) is 5.91 Å². The Morgan fingerprint density at radius 2 is 1.94 bits per heavy atom. The van der Waals surface area contributed by atoms with E-state index >= 15 is 0 Å². The fourth-order valence-electron chi connectivity index (χ4n) is 4.39. The highest BCUT2D eigenvalue weighted by molar-refractivity contribution is 7.10. The SMILES string of the molecule is CC[C@@H](C)N(CC(=O)N1CCc2sccc2[C@@H]1COc1ccc(F)cc1)C(=O)c1cccc(OC)c1. The molecule has 2 atom stereocenters. The first kappa shape index (κ1) is 25.7. The summed E-state index contributed by atoms with van der Waals surface area (Å²) in [5.74, 6) is 0.471. The molecular weight excluding hydrogens is 479 g/mol. The van der Waals surface area contributed by atoms with Gasteiger partial charge in [0.15, 0.2) is 0 Å². The number of hydrogen-bond acceptors (Lipinski definition) is 5. The average molecular weight is 511 g/mol. The monoisotopic (exact) mass is 510 g/mol. The molecule has 0 N–H and O–H groups in total. The maximum atomic E-state index is 13.7. The summed E-state index contributed by atoms with van der Waals surface area (Å²) < 4.78 is 24.6. The van der Waals surface area contributed by atoms with Gasteiger partial charge in [-0.05, 0) is 79.2 Å². The van der Waals surface area contributed by atoms with E-state index in [9.17, 15) is 14.0 Å². The Morgan fingerprint density at radius 3 is 2.67 bits per heavy atom. The van der Waals surface area contributed by atoms with Crippen LogP contribution in [0, 0.1) is 5.82 Å². The first-order chi connectivity index (χ1) is 17.4. The highest BCUT2D eigenvalue weighted by Gasteiger charge is 2.34. The summed E-state index contributed by atoms with van der Waals surface area (Å²) in [6, 6.07) is 14.5. The van der Waals surface area contributed by atoms with Gasteiger partial charge in [-0.25, -0.2) is 4.39 Å². The average Bonchev–Trinajstić information content (AvgIpc) is 3.39. The van der Waals surface area contributed by atoms with Crippen molar-refractivity contribution in [3.8, 4) is 11.5 Å². The Bertz CT molecular complexity index is 1200. The van der Waals surface area contributed by atoms with E-state index in [0.717, 1.165) is 18.4 Å². The van der Waals surface area contributed by atoms with Crippen molar-refractivity contribution in [3.63, 3.8) is 0 Å². The van der Waals surface area contributed by atoms with E-state index in [2.05, 4.69) is 0 Å². The topological polar surface area (TPSA) is 59.1 Å². The highest BCUT2D eigenvalue weighted by Crippen LogP contribution is 2.34. The first-order valence-corrected chi connectivity index (χ1v) is 13.0. The Balaban J connectivity index is 1.54. The zero-order valence-electron chi connectivity index (χ0n) is 20.8. The molecule has 36 heavy (non-hydrogen) atoms. The molecule has 0 unspecified atom stereocenters. The molecule has 8 heteroatoms. The van der Waals surface area contributed by atoms with Crippen molar-refractivity contribution < 1.29 is 23.5 Å². The van der Waals surface area contributed by atoms with Gasteiger partial charge in [0.1, 0.15) is 30.5 Å². The minimum atomic E-state index is -0.331. The number of carbonyl (C=O) groups is 2. The van der Waals surface area contributed by atoms with Crippen LogP contribution in [0.5, 0.6) is 11.5 Å². The van der Waals surface area contributed by atoms with E-state index in [0.29, 0.717) is 23.6 Å². The third-order valence-electron chi connectivity index (χ3n) is 6.64. The molecule has 0 aliphatic carbocycles. The molecule has 1 aliphatic rings. The molecule has 0 fully saturated rings. The second kappa shape index (κ2) is 11.6. The van der Waals surface area contributed by atoms with Crippen LogP contribution in [-0.4, -0.2) is 54.5 Å². The van der Waals surface area contributed by atoms with Crippen LogP contribution in [0.1, 0.15) is 47.1 Å². The van der Waals surface area contributed by atoms with Crippen LogP contribution in [0.4, 0.5) is 4.39 Å². The van der Waals surface area contributed by atoms with Crippen LogP contribution in [0.25, 0.3) is 0 Å². The Morgan fingerprint density at radius 1 is 1.17 bits per heavy atom. The van der Waals surface area contributed by atoms with Crippen molar-refractivity contribution in [1.29, 1.82) is 0 Å². The second-order valence-electron chi connectivity index (χ2n) is 8.84. The number of ether oxygens (including phenoxy) is 2. The minimum Gasteiger partial charge on any atom is -0.497 e.